The molecule has 1 fully saturated rings. The number of likely N-dealkylation sites (tertiary alicyclic amines) is 1. The Morgan fingerprint density at radius 3 is 2.47 bits per heavy atom. The molecule has 0 aromatic carbocycles. The van der Waals surface area contributed by atoms with E-state index < -0.39 is 5.97 Å². The largest absolute Gasteiger partial charge is 0.478 e. The van der Waals surface area contributed by atoms with Gasteiger partial charge in [-0.15, -0.1) is 0 Å². The number of aromatic carboxylic acids is 1. The van der Waals surface area contributed by atoms with E-state index in [-0.39, 0.29) is 0 Å². The molecule has 0 bridgehead atoms. The van der Waals surface area contributed by atoms with Crippen LogP contribution in [0.3, 0.4) is 0 Å². The minimum atomic E-state index is -0.882. The third-order valence-corrected chi connectivity index (χ3v) is 3.42. The predicted octanol–water partition coefficient (Wildman–Crippen LogP) is 1.29. The molecule has 1 aromatic rings. The summed E-state index contributed by atoms with van der Waals surface area (Å²) in [4.78, 5) is 13.5. The molecule has 5 nitrogen and oxygen atoms in total. The molecular weight excluding hydrogens is 218 g/mol. The van der Waals surface area contributed by atoms with Gasteiger partial charge in [-0.3, -0.25) is 4.68 Å². The van der Waals surface area contributed by atoms with Crippen molar-refractivity contribution in [3.63, 3.8) is 0 Å². The third kappa shape index (κ3) is 2.49. The van der Waals surface area contributed by atoms with E-state index in [0.29, 0.717) is 11.3 Å². The highest BCUT2D eigenvalue weighted by Gasteiger charge is 2.18. The quantitative estimate of drug-likeness (QED) is 0.857. The molecule has 1 aliphatic rings. The van der Waals surface area contributed by atoms with Crippen LogP contribution in [0.15, 0.2) is 0 Å². The molecule has 1 aromatic heterocycles. The molecule has 2 heterocycles. The molecule has 0 radical (unpaired) electrons. The predicted molar refractivity (Wildman–Crippen MR) is 64.3 cm³/mol. The van der Waals surface area contributed by atoms with Crippen molar-refractivity contribution in [2.24, 2.45) is 0 Å². The van der Waals surface area contributed by atoms with E-state index in [1.807, 2.05) is 11.6 Å². The summed E-state index contributed by atoms with van der Waals surface area (Å²) in [5, 5.41) is 13.4. The van der Waals surface area contributed by atoms with Crippen LogP contribution in [0, 0.1) is 13.8 Å². The van der Waals surface area contributed by atoms with Gasteiger partial charge in [-0.05, 0) is 39.8 Å². The molecule has 94 valence electrons. The number of aryl methyl sites for hydroxylation is 1. The van der Waals surface area contributed by atoms with Gasteiger partial charge in [0.1, 0.15) is 5.56 Å². The number of hydrogen-bond acceptors (Lipinski definition) is 3. The molecule has 1 aliphatic heterocycles. The number of carboxylic acids is 1. The van der Waals surface area contributed by atoms with E-state index in [9.17, 15) is 4.79 Å². The summed E-state index contributed by atoms with van der Waals surface area (Å²) < 4.78 is 1.82. The van der Waals surface area contributed by atoms with Gasteiger partial charge in [-0.25, -0.2) is 4.79 Å². The molecule has 0 saturated carbocycles. The lowest BCUT2D eigenvalue weighted by atomic mass is 10.2. The van der Waals surface area contributed by atoms with Crippen LogP contribution in [0.25, 0.3) is 0 Å². The minimum absolute atomic E-state index is 0.353. The number of rotatable bonds is 4. The lowest BCUT2D eigenvalue weighted by Gasteiger charge is -2.14. The molecule has 0 spiro atoms. The average Bonchev–Trinajstić information content (AvgIpc) is 2.84. The first-order valence-electron chi connectivity index (χ1n) is 6.09. The maximum Gasteiger partial charge on any atom is 0.339 e. The Morgan fingerprint density at radius 2 is 1.94 bits per heavy atom. The second-order valence-electron chi connectivity index (χ2n) is 4.62. The van der Waals surface area contributed by atoms with Gasteiger partial charge in [-0.1, -0.05) is 0 Å². The highest BCUT2D eigenvalue weighted by molar-refractivity contribution is 5.90. The molecule has 2 rings (SSSR count). The summed E-state index contributed by atoms with van der Waals surface area (Å²) in [6.45, 7) is 7.63. The first-order chi connectivity index (χ1) is 8.09. The van der Waals surface area contributed by atoms with Gasteiger partial charge in [0.15, 0.2) is 0 Å². The van der Waals surface area contributed by atoms with Crippen LogP contribution in [0.1, 0.15) is 34.6 Å². The van der Waals surface area contributed by atoms with Gasteiger partial charge in [0.25, 0.3) is 0 Å². The maximum atomic E-state index is 11.1. The van der Waals surface area contributed by atoms with Gasteiger partial charge < -0.3 is 10.0 Å². The van der Waals surface area contributed by atoms with Crippen molar-refractivity contribution >= 4 is 5.97 Å². The summed E-state index contributed by atoms with van der Waals surface area (Å²) >= 11 is 0. The first kappa shape index (κ1) is 12.1. The van der Waals surface area contributed by atoms with Crippen LogP contribution in [0.2, 0.25) is 0 Å². The smallest absolute Gasteiger partial charge is 0.339 e. The van der Waals surface area contributed by atoms with Gasteiger partial charge in [0.05, 0.1) is 17.9 Å². The van der Waals surface area contributed by atoms with E-state index in [1.165, 1.54) is 12.8 Å². The fourth-order valence-corrected chi connectivity index (χ4v) is 2.47. The zero-order valence-electron chi connectivity index (χ0n) is 10.4. The van der Waals surface area contributed by atoms with Crippen molar-refractivity contribution in [3.8, 4) is 0 Å². The van der Waals surface area contributed by atoms with Crippen LogP contribution in [0.4, 0.5) is 0 Å². The number of carbonyl (C=O) groups is 1. The summed E-state index contributed by atoms with van der Waals surface area (Å²) in [6, 6.07) is 0. The lowest BCUT2D eigenvalue weighted by Crippen LogP contribution is -2.25. The Bertz CT molecular complexity index is 420. The fourth-order valence-electron chi connectivity index (χ4n) is 2.47. The van der Waals surface area contributed by atoms with Crippen molar-refractivity contribution in [1.82, 2.24) is 14.7 Å². The van der Waals surface area contributed by atoms with Crippen LogP contribution in [-0.4, -0.2) is 45.4 Å². The van der Waals surface area contributed by atoms with Crippen LogP contribution in [-0.2, 0) is 6.54 Å². The van der Waals surface area contributed by atoms with Crippen molar-refractivity contribution < 1.29 is 9.90 Å². The van der Waals surface area contributed by atoms with Crippen molar-refractivity contribution in [2.45, 2.75) is 33.2 Å². The maximum absolute atomic E-state index is 11.1. The highest BCUT2D eigenvalue weighted by atomic mass is 16.4. The Labute approximate surface area is 101 Å². The summed E-state index contributed by atoms with van der Waals surface area (Å²) in [5.74, 6) is -0.882. The molecular formula is C12H19N3O2. The number of hydrogen-bond donors (Lipinski definition) is 1. The highest BCUT2D eigenvalue weighted by Crippen LogP contribution is 2.13. The van der Waals surface area contributed by atoms with Crippen molar-refractivity contribution in [1.29, 1.82) is 0 Å². The average molecular weight is 237 g/mol. The summed E-state index contributed by atoms with van der Waals surface area (Å²) in [6.07, 6.45) is 2.55. The monoisotopic (exact) mass is 237 g/mol. The topological polar surface area (TPSA) is 58.4 Å². The third-order valence-electron chi connectivity index (χ3n) is 3.42. The molecule has 17 heavy (non-hydrogen) atoms. The molecule has 0 amide bonds. The molecule has 0 atom stereocenters. The van der Waals surface area contributed by atoms with E-state index in [2.05, 4.69) is 10.00 Å². The van der Waals surface area contributed by atoms with E-state index in [4.69, 9.17) is 5.11 Å². The Morgan fingerprint density at radius 1 is 1.29 bits per heavy atom. The molecule has 0 aliphatic carbocycles. The number of carboxylic acid groups (broad SMARTS) is 1. The van der Waals surface area contributed by atoms with Crippen molar-refractivity contribution in [3.05, 3.63) is 17.0 Å². The van der Waals surface area contributed by atoms with E-state index in [0.717, 1.165) is 31.9 Å². The van der Waals surface area contributed by atoms with Gasteiger partial charge in [0.2, 0.25) is 0 Å². The first-order valence-corrected chi connectivity index (χ1v) is 6.09. The Balaban J connectivity index is 2.05. The van der Waals surface area contributed by atoms with E-state index >= 15 is 0 Å². The molecule has 1 N–H and O–H groups in total. The number of aromatic nitrogens is 2. The minimum Gasteiger partial charge on any atom is -0.478 e. The van der Waals surface area contributed by atoms with Gasteiger partial charge >= 0.3 is 5.97 Å². The van der Waals surface area contributed by atoms with Crippen LogP contribution in [0.5, 0.6) is 0 Å². The normalized spacial score (nSPS) is 16.6. The molecule has 5 heteroatoms. The zero-order chi connectivity index (χ0) is 12.4. The zero-order valence-corrected chi connectivity index (χ0v) is 10.4. The summed E-state index contributed by atoms with van der Waals surface area (Å²) in [7, 11) is 0. The van der Waals surface area contributed by atoms with Crippen LogP contribution >= 0.6 is 0 Å². The fraction of sp³-hybridized carbons (Fsp3) is 0.667. The summed E-state index contributed by atoms with van der Waals surface area (Å²) in [5.41, 5.74) is 1.72. The van der Waals surface area contributed by atoms with Gasteiger partial charge in [0, 0.05) is 6.54 Å². The number of nitrogens with zero attached hydrogens (tertiary/aromatic N) is 3. The van der Waals surface area contributed by atoms with Gasteiger partial charge in [-0.2, -0.15) is 5.10 Å². The Hall–Kier alpha value is -1.36. The van der Waals surface area contributed by atoms with Crippen LogP contribution < -0.4 is 0 Å². The lowest BCUT2D eigenvalue weighted by molar-refractivity contribution is 0.0695. The second kappa shape index (κ2) is 4.87. The standard InChI is InChI=1S/C12H19N3O2/c1-9-11(12(16)17)10(2)15(13-9)8-7-14-5-3-4-6-14/h3-8H2,1-2H3,(H,16,17). The molecule has 1 saturated heterocycles. The Kier molecular flexibility index (Phi) is 3.47. The molecule has 0 unspecified atom stereocenters. The second-order valence-corrected chi connectivity index (χ2v) is 4.62. The van der Waals surface area contributed by atoms with E-state index in [1.54, 1.807) is 6.92 Å². The SMILES string of the molecule is Cc1nn(CCN2CCCC2)c(C)c1C(=O)O. The van der Waals surface area contributed by atoms with Crippen molar-refractivity contribution in [2.75, 3.05) is 19.6 Å².